The Balaban J connectivity index is 0.742. The van der Waals surface area contributed by atoms with Gasteiger partial charge in [-0.2, -0.15) is 18.2 Å². The number of Topliss-reactive ketones (excluding diaryl/α,β-unsaturated/α-hetero) is 2. The second-order valence-electron chi connectivity index (χ2n) is 21.3. The van der Waals surface area contributed by atoms with Crippen LogP contribution in [-0.2, 0) is 54.9 Å². The van der Waals surface area contributed by atoms with Crippen LogP contribution >= 0.6 is 0 Å². The Labute approximate surface area is 493 Å². The molecule has 2 heterocycles. The molecular formula is C63H79F3N8O11. The number of hydrogen-bond acceptors (Lipinski definition) is 16. The molecule has 458 valence electrons. The summed E-state index contributed by atoms with van der Waals surface area (Å²) in [5.41, 5.74) is 7.73. The molecule has 6 rings (SSSR count). The first-order valence-corrected chi connectivity index (χ1v) is 28.6. The van der Waals surface area contributed by atoms with Gasteiger partial charge in [0, 0.05) is 49.6 Å². The van der Waals surface area contributed by atoms with Crippen molar-refractivity contribution in [2.75, 3.05) is 96.5 Å². The maximum atomic E-state index is 13.8. The van der Waals surface area contributed by atoms with Gasteiger partial charge in [0.2, 0.25) is 5.95 Å². The lowest BCUT2D eigenvalue weighted by Crippen LogP contribution is -2.45. The van der Waals surface area contributed by atoms with Crippen LogP contribution in [0.5, 0.6) is 0 Å². The Morgan fingerprint density at radius 1 is 0.624 bits per heavy atom. The summed E-state index contributed by atoms with van der Waals surface area (Å²) in [5.74, 6) is -2.78. The molecule has 0 unspecified atom stereocenters. The number of hydrogen-bond donors (Lipinski definition) is 4. The van der Waals surface area contributed by atoms with Gasteiger partial charge in [0.25, 0.3) is 11.5 Å². The summed E-state index contributed by atoms with van der Waals surface area (Å²) in [6.07, 6.45) is -1.33. The highest BCUT2D eigenvalue weighted by Crippen LogP contribution is 2.37. The number of carbonyl (C=O) groups excluding carboxylic acids is 4. The van der Waals surface area contributed by atoms with Crippen LogP contribution in [0.2, 0.25) is 0 Å². The van der Waals surface area contributed by atoms with E-state index in [2.05, 4.69) is 110 Å². The van der Waals surface area contributed by atoms with Crippen molar-refractivity contribution in [3.8, 4) is 0 Å². The maximum absolute atomic E-state index is 13.8. The summed E-state index contributed by atoms with van der Waals surface area (Å²) < 4.78 is 74.8. The largest absolute Gasteiger partial charge is 0.471 e. The van der Waals surface area contributed by atoms with Crippen LogP contribution in [0.3, 0.4) is 0 Å². The van der Waals surface area contributed by atoms with E-state index in [0.717, 1.165) is 22.9 Å². The highest BCUT2D eigenvalue weighted by molar-refractivity contribution is 5.99. The number of rotatable bonds is 38. The SMILES string of the molecule is Cc1ccc(C(NCCCC(=O)CCOCCOCCOCCOCCOCCOCCCC(=O)CC[C@H](NC(=O)c2ccc(N(Cc3cnc4nc(N)[nH]c(=O)c4n3)C(=O)C(F)(F)F)cc2)C(C)(C)C)(c2ccccc2)c2ccccc2)cc1. The van der Waals surface area contributed by atoms with E-state index in [1.165, 1.54) is 29.8 Å². The van der Waals surface area contributed by atoms with E-state index in [-0.39, 0.29) is 58.5 Å². The normalized spacial score (nSPS) is 12.3. The second-order valence-corrected chi connectivity index (χ2v) is 21.3. The van der Waals surface area contributed by atoms with Crippen LogP contribution in [-0.4, -0.2) is 141 Å². The fourth-order valence-electron chi connectivity index (χ4n) is 9.26. The third kappa shape index (κ3) is 21.6. The van der Waals surface area contributed by atoms with Gasteiger partial charge in [-0.05, 0) is 79.1 Å². The number of halogens is 3. The lowest BCUT2D eigenvalue weighted by Gasteiger charge is -2.37. The molecule has 0 aliphatic heterocycles. The van der Waals surface area contributed by atoms with Gasteiger partial charge < -0.3 is 39.5 Å². The zero-order chi connectivity index (χ0) is 61.1. The van der Waals surface area contributed by atoms with Crippen molar-refractivity contribution in [2.24, 2.45) is 5.41 Å². The summed E-state index contributed by atoms with van der Waals surface area (Å²) in [7, 11) is 0. The number of nitrogens with zero attached hydrogens (tertiary/aromatic N) is 4. The third-order valence-electron chi connectivity index (χ3n) is 13.8. The lowest BCUT2D eigenvalue weighted by atomic mass is 9.76. The molecule has 0 fully saturated rings. The van der Waals surface area contributed by atoms with Crippen LogP contribution in [0, 0.1) is 12.3 Å². The van der Waals surface area contributed by atoms with Gasteiger partial charge >= 0.3 is 12.1 Å². The van der Waals surface area contributed by atoms with Crippen molar-refractivity contribution in [3.05, 3.63) is 159 Å². The number of nitrogens with one attached hydrogen (secondary N) is 3. The van der Waals surface area contributed by atoms with Crippen molar-refractivity contribution in [1.82, 2.24) is 30.6 Å². The Hall–Kier alpha value is -7.31. The molecule has 85 heavy (non-hydrogen) atoms. The van der Waals surface area contributed by atoms with E-state index >= 15 is 0 Å². The van der Waals surface area contributed by atoms with Gasteiger partial charge in [0.1, 0.15) is 11.6 Å². The molecule has 5 N–H and O–H groups in total. The number of aryl methyl sites for hydroxylation is 1. The zero-order valence-corrected chi connectivity index (χ0v) is 48.9. The molecule has 19 nitrogen and oxygen atoms in total. The molecule has 0 bridgehead atoms. The molecule has 4 aromatic carbocycles. The van der Waals surface area contributed by atoms with Crippen LogP contribution in [0.4, 0.5) is 24.8 Å². The van der Waals surface area contributed by atoms with Crippen LogP contribution in [0.1, 0.15) is 104 Å². The van der Waals surface area contributed by atoms with Crippen molar-refractivity contribution >= 4 is 46.2 Å². The number of anilines is 2. The molecule has 0 spiro atoms. The first-order valence-electron chi connectivity index (χ1n) is 28.6. The molecule has 0 aliphatic rings. The van der Waals surface area contributed by atoms with E-state index in [1.807, 2.05) is 32.9 Å². The van der Waals surface area contributed by atoms with E-state index in [4.69, 9.17) is 34.2 Å². The number of H-pyrrole nitrogens is 1. The van der Waals surface area contributed by atoms with E-state index in [0.29, 0.717) is 123 Å². The number of aromatic amines is 1. The standard InChI is InChI=1S/C63H79F3N8O11/c1-45-19-23-49(24-20-45)62(47-13-7-5-8-14-47,48-15-9-6-10-16-48)69-30-11-17-53(76)29-32-81-34-36-83-38-40-85-42-41-84-39-37-82-35-33-80-31-12-18-52(75)27-28-54(61(2,3)4)71-57(77)46-21-25-51(26-22-46)74(59(79)63(64,65)66)44-50-43-68-56-55(70-50)58(78)73-60(67)72-56/h5-10,13-16,19-26,43,54,69H,11-12,17-18,27-42,44H2,1-4H3,(H,71,77)(H3,67,68,72,73,78)/t54-/m0/s1. The maximum Gasteiger partial charge on any atom is 0.471 e. The summed E-state index contributed by atoms with van der Waals surface area (Å²) in [6, 6.07) is 34.0. The van der Waals surface area contributed by atoms with Crippen molar-refractivity contribution in [1.29, 1.82) is 0 Å². The number of amides is 2. The number of fused-ring (bicyclic) bond motifs is 1. The van der Waals surface area contributed by atoms with Gasteiger partial charge in [-0.15, -0.1) is 0 Å². The number of ether oxygens (including phenoxy) is 6. The smallest absolute Gasteiger partial charge is 0.379 e. The average Bonchev–Trinajstić information content (AvgIpc) is 1.37. The van der Waals surface area contributed by atoms with E-state index < -0.39 is 47.1 Å². The summed E-state index contributed by atoms with van der Waals surface area (Å²) in [5, 5.41) is 6.80. The minimum Gasteiger partial charge on any atom is -0.379 e. The minimum absolute atomic E-state index is 0.00379. The van der Waals surface area contributed by atoms with Crippen molar-refractivity contribution in [2.45, 2.75) is 96.9 Å². The summed E-state index contributed by atoms with van der Waals surface area (Å²) >= 11 is 0. The molecule has 22 heteroatoms. The fraction of sp³-hybridized carbons (Fsp3) is 0.460. The van der Waals surface area contributed by atoms with Gasteiger partial charge in [-0.25, -0.2) is 9.97 Å². The molecule has 0 radical (unpaired) electrons. The quantitative estimate of drug-likeness (QED) is 0.0210. The number of nitrogen functional groups attached to an aromatic ring is 1. The lowest BCUT2D eigenvalue weighted by molar-refractivity contribution is -0.170. The fourth-order valence-corrected chi connectivity index (χ4v) is 9.26. The van der Waals surface area contributed by atoms with Gasteiger partial charge in [0.05, 0.1) is 96.7 Å². The number of carbonyl (C=O) groups is 4. The topological polar surface area (TPSA) is 249 Å². The first-order chi connectivity index (χ1) is 40.8. The van der Waals surface area contributed by atoms with Crippen LogP contribution < -0.4 is 26.8 Å². The highest BCUT2D eigenvalue weighted by atomic mass is 19.4. The van der Waals surface area contributed by atoms with Gasteiger partial charge in [0.15, 0.2) is 11.2 Å². The monoisotopic (exact) mass is 1180 g/mol. The number of alkyl halides is 3. The number of benzene rings is 4. The second kappa shape index (κ2) is 34.0. The number of ketones is 2. The van der Waals surface area contributed by atoms with E-state index in [1.54, 1.807) is 0 Å². The van der Waals surface area contributed by atoms with Gasteiger partial charge in [-0.3, -0.25) is 39.2 Å². The molecule has 0 aliphatic carbocycles. The van der Waals surface area contributed by atoms with Gasteiger partial charge in [-0.1, -0.05) is 111 Å². The molecule has 0 saturated heterocycles. The number of nitrogens with two attached hydrogens (primary N) is 1. The van der Waals surface area contributed by atoms with Crippen LogP contribution in [0.15, 0.2) is 120 Å². The Morgan fingerprint density at radius 3 is 1.67 bits per heavy atom. The molecule has 2 aromatic heterocycles. The molecule has 0 saturated carbocycles. The Kier molecular flexibility index (Phi) is 26.7. The summed E-state index contributed by atoms with van der Waals surface area (Å²) in [4.78, 5) is 78.4. The minimum atomic E-state index is -5.26. The van der Waals surface area contributed by atoms with Crippen molar-refractivity contribution in [3.63, 3.8) is 0 Å². The average molecular weight is 1180 g/mol. The third-order valence-corrected chi connectivity index (χ3v) is 13.8. The predicted octanol–water partition coefficient (Wildman–Crippen LogP) is 8.39. The Bertz CT molecular complexity index is 3040. The molecule has 6 aromatic rings. The first kappa shape index (κ1) is 66.8. The molecule has 2 amide bonds. The highest BCUT2D eigenvalue weighted by Gasteiger charge is 2.43. The van der Waals surface area contributed by atoms with Crippen molar-refractivity contribution < 1.29 is 60.8 Å². The Morgan fingerprint density at radius 2 is 1.13 bits per heavy atom. The number of aromatic nitrogens is 4. The van der Waals surface area contributed by atoms with Crippen LogP contribution in [0.25, 0.3) is 11.2 Å². The predicted molar refractivity (Wildman–Crippen MR) is 316 cm³/mol. The summed E-state index contributed by atoms with van der Waals surface area (Å²) in [6.45, 7) is 12.4. The van der Waals surface area contributed by atoms with E-state index in [9.17, 15) is 37.1 Å². The molecule has 1 atom stereocenters. The zero-order valence-electron chi connectivity index (χ0n) is 48.9. The molecular weight excluding hydrogens is 1100 g/mol.